The Balaban J connectivity index is 2.13. The number of hydrogen-bond donors (Lipinski definition) is 3. The number of benzene rings is 2. The summed E-state index contributed by atoms with van der Waals surface area (Å²) in [6.07, 6.45) is 0.359. The highest BCUT2D eigenvalue weighted by Gasteiger charge is 2.37. The average molecular weight is 338 g/mol. The van der Waals surface area contributed by atoms with Gasteiger partial charge in [-0.15, -0.1) is 10.2 Å². The molecule has 0 fully saturated rings. The summed E-state index contributed by atoms with van der Waals surface area (Å²) in [5, 5.41) is 17.8. The fourth-order valence-corrected chi connectivity index (χ4v) is 3.59. The van der Waals surface area contributed by atoms with Crippen molar-refractivity contribution in [3.63, 3.8) is 0 Å². The number of hydrazone groups is 1. The summed E-state index contributed by atoms with van der Waals surface area (Å²) >= 11 is 0. The van der Waals surface area contributed by atoms with Crippen LogP contribution in [0.1, 0.15) is 39.8 Å². The van der Waals surface area contributed by atoms with Gasteiger partial charge in [-0.3, -0.25) is 5.43 Å². The smallest absolute Gasteiger partial charge is 0.143 e. The van der Waals surface area contributed by atoms with E-state index in [9.17, 15) is 5.11 Å². The third-order valence-corrected chi connectivity index (χ3v) is 4.71. The molecule has 1 aliphatic heterocycles. The summed E-state index contributed by atoms with van der Waals surface area (Å²) in [5.74, 6) is 0.699. The van der Waals surface area contributed by atoms with Gasteiger partial charge in [0, 0.05) is 13.5 Å². The molecular formula is C20H26N4O. The van der Waals surface area contributed by atoms with Crippen LogP contribution in [0, 0.1) is 27.7 Å². The van der Waals surface area contributed by atoms with Gasteiger partial charge in [0.25, 0.3) is 0 Å². The van der Waals surface area contributed by atoms with Gasteiger partial charge in [0.15, 0.2) is 0 Å². The lowest BCUT2D eigenvalue weighted by atomic mass is 9.78. The first-order valence-electron chi connectivity index (χ1n) is 8.50. The molecule has 1 heterocycles. The largest absolute Gasteiger partial charge is 0.380 e. The van der Waals surface area contributed by atoms with Crippen LogP contribution in [0.3, 0.4) is 0 Å². The molecule has 0 radical (unpaired) electrons. The summed E-state index contributed by atoms with van der Waals surface area (Å²) in [4.78, 5) is 0. The van der Waals surface area contributed by atoms with Crippen molar-refractivity contribution >= 4 is 5.84 Å². The Morgan fingerprint density at radius 3 is 1.88 bits per heavy atom. The van der Waals surface area contributed by atoms with Crippen LogP contribution in [0.15, 0.2) is 41.5 Å². The molecule has 0 bridgehead atoms. The second kappa shape index (κ2) is 6.50. The van der Waals surface area contributed by atoms with Gasteiger partial charge in [-0.2, -0.15) is 0 Å². The summed E-state index contributed by atoms with van der Waals surface area (Å²) in [6.45, 7) is 8.22. The zero-order valence-electron chi connectivity index (χ0n) is 15.5. The molecule has 0 unspecified atom stereocenters. The second-order valence-corrected chi connectivity index (χ2v) is 7.00. The van der Waals surface area contributed by atoms with Crippen LogP contribution in [0.4, 0.5) is 0 Å². The van der Waals surface area contributed by atoms with Gasteiger partial charge in [-0.05, 0) is 49.9 Å². The van der Waals surface area contributed by atoms with Gasteiger partial charge >= 0.3 is 0 Å². The standard InChI is InChI=1S/C20H26N4O/c1-13-6-8-17(15(3)10-13)20(25,12-19-21-23-24(5)22-19)18-9-7-14(2)11-16(18)4/h6-11,23,25H,12H2,1-5H3,(H,21,22). The maximum atomic E-state index is 11.9. The topological polar surface area (TPSA) is 59.9 Å². The Kier molecular flexibility index (Phi) is 4.54. The van der Waals surface area contributed by atoms with Gasteiger partial charge in [-0.1, -0.05) is 47.5 Å². The molecule has 0 aliphatic carbocycles. The number of rotatable bonds is 4. The summed E-state index contributed by atoms with van der Waals surface area (Å²) in [7, 11) is 1.84. The van der Waals surface area contributed by atoms with Crippen molar-refractivity contribution in [3.05, 3.63) is 69.8 Å². The van der Waals surface area contributed by atoms with Crippen molar-refractivity contribution in [1.29, 1.82) is 0 Å². The predicted molar refractivity (Wildman–Crippen MR) is 101 cm³/mol. The van der Waals surface area contributed by atoms with Crippen molar-refractivity contribution in [2.45, 2.75) is 39.7 Å². The quantitative estimate of drug-likeness (QED) is 0.802. The van der Waals surface area contributed by atoms with Crippen molar-refractivity contribution in [1.82, 2.24) is 16.1 Å². The zero-order chi connectivity index (χ0) is 18.2. The molecule has 5 nitrogen and oxygen atoms in total. The number of hydrogen-bond acceptors (Lipinski definition) is 5. The molecule has 3 rings (SSSR count). The van der Waals surface area contributed by atoms with E-state index in [0.717, 1.165) is 22.3 Å². The van der Waals surface area contributed by atoms with E-state index in [2.05, 4.69) is 42.0 Å². The lowest BCUT2D eigenvalue weighted by molar-refractivity contribution is 0.0860. The molecule has 0 amide bonds. The summed E-state index contributed by atoms with van der Waals surface area (Å²) in [5.41, 5.74) is 11.1. The monoisotopic (exact) mass is 338 g/mol. The molecule has 0 aromatic heterocycles. The fourth-order valence-electron chi connectivity index (χ4n) is 3.59. The Hall–Kier alpha value is -2.37. The molecule has 0 saturated carbocycles. The second-order valence-electron chi connectivity index (χ2n) is 7.00. The van der Waals surface area contributed by atoms with Gasteiger partial charge in [-0.25, -0.2) is 5.53 Å². The molecule has 0 spiro atoms. The van der Waals surface area contributed by atoms with Crippen molar-refractivity contribution in [3.8, 4) is 0 Å². The number of amidine groups is 1. The van der Waals surface area contributed by atoms with Crippen molar-refractivity contribution < 1.29 is 5.11 Å². The third kappa shape index (κ3) is 3.38. The predicted octanol–water partition coefficient (Wildman–Crippen LogP) is 2.81. The SMILES string of the molecule is Cc1ccc(C(O)(CC2=NNN(C)N2)c2ccc(C)cc2C)c(C)c1. The third-order valence-electron chi connectivity index (χ3n) is 4.71. The highest BCUT2D eigenvalue weighted by Crippen LogP contribution is 2.37. The van der Waals surface area contributed by atoms with E-state index in [0.29, 0.717) is 12.3 Å². The Labute approximate surface area is 149 Å². The van der Waals surface area contributed by atoms with E-state index >= 15 is 0 Å². The number of nitrogens with one attached hydrogen (secondary N) is 2. The fraction of sp³-hybridized carbons (Fsp3) is 0.350. The van der Waals surface area contributed by atoms with Crippen LogP contribution in [0.2, 0.25) is 0 Å². The highest BCUT2D eigenvalue weighted by atomic mass is 16.3. The normalized spacial score (nSPS) is 14.9. The minimum Gasteiger partial charge on any atom is -0.380 e. The van der Waals surface area contributed by atoms with E-state index < -0.39 is 5.60 Å². The van der Waals surface area contributed by atoms with Gasteiger partial charge in [0.2, 0.25) is 0 Å². The number of aliphatic hydroxyl groups is 1. The van der Waals surface area contributed by atoms with E-state index in [1.807, 2.05) is 45.2 Å². The van der Waals surface area contributed by atoms with E-state index in [1.54, 1.807) is 5.12 Å². The van der Waals surface area contributed by atoms with Crippen molar-refractivity contribution in [2.24, 2.45) is 5.10 Å². The molecule has 0 atom stereocenters. The zero-order valence-corrected chi connectivity index (χ0v) is 15.5. The van der Waals surface area contributed by atoms with E-state index in [1.165, 1.54) is 11.1 Å². The van der Waals surface area contributed by atoms with Gasteiger partial charge in [0.05, 0.1) is 0 Å². The summed E-state index contributed by atoms with van der Waals surface area (Å²) in [6, 6.07) is 12.4. The molecule has 2 aromatic carbocycles. The molecule has 5 heteroatoms. The lowest BCUT2D eigenvalue weighted by Gasteiger charge is -2.32. The van der Waals surface area contributed by atoms with Crippen LogP contribution in [0.25, 0.3) is 0 Å². The van der Waals surface area contributed by atoms with E-state index in [4.69, 9.17) is 0 Å². The first kappa shape index (κ1) is 17.5. The minimum atomic E-state index is -1.16. The summed E-state index contributed by atoms with van der Waals surface area (Å²) < 4.78 is 0. The van der Waals surface area contributed by atoms with Crippen LogP contribution in [-0.2, 0) is 5.60 Å². The minimum absolute atomic E-state index is 0.359. The maximum Gasteiger partial charge on any atom is 0.143 e. The molecule has 0 saturated heterocycles. The van der Waals surface area contributed by atoms with Crippen LogP contribution >= 0.6 is 0 Å². The molecule has 1 aliphatic rings. The average Bonchev–Trinajstić information content (AvgIpc) is 2.91. The van der Waals surface area contributed by atoms with Crippen LogP contribution in [0.5, 0.6) is 0 Å². The van der Waals surface area contributed by atoms with Crippen molar-refractivity contribution in [2.75, 3.05) is 7.05 Å². The molecule has 132 valence electrons. The maximum absolute atomic E-state index is 11.9. The number of aryl methyl sites for hydroxylation is 4. The Morgan fingerprint density at radius 1 is 0.960 bits per heavy atom. The molecular weight excluding hydrogens is 312 g/mol. The van der Waals surface area contributed by atoms with Crippen LogP contribution in [-0.4, -0.2) is 23.1 Å². The van der Waals surface area contributed by atoms with Gasteiger partial charge in [0.1, 0.15) is 11.4 Å². The Morgan fingerprint density at radius 2 is 1.48 bits per heavy atom. The van der Waals surface area contributed by atoms with E-state index in [-0.39, 0.29) is 0 Å². The van der Waals surface area contributed by atoms with Gasteiger partial charge < -0.3 is 5.11 Å². The molecule has 25 heavy (non-hydrogen) atoms. The Bertz CT molecular complexity index is 777. The lowest BCUT2D eigenvalue weighted by Crippen LogP contribution is -2.41. The number of nitrogens with zero attached hydrogens (tertiary/aromatic N) is 2. The first-order valence-corrected chi connectivity index (χ1v) is 8.50. The number of hydrazine groups is 2. The van der Waals surface area contributed by atoms with Crippen LogP contribution < -0.4 is 11.0 Å². The molecule has 2 aromatic rings. The highest BCUT2D eigenvalue weighted by molar-refractivity contribution is 5.84. The first-order chi connectivity index (χ1) is 11.8. The molecule has 3 N–H and O–H groups in total.